The van der Waals surface area contributed by atoms with Crippen LogP contribution in [0, 0.1) is 0 Å². The van der Waals surface area contributed by atoms with Crippen molar-refractivity contribution in [1.29, 1.82) is 0 Å². The molecule has 5 rings (SSSR count). The number of fused-ring (bicyclic) bond motifs is 2. The van der Waals surface area contributed by atoms with E-state index in [-0.39, 0.29) is 22.3 Å². The molecule has 0 saturated carbocycles. The number of hydrogen-bond acceptors (Lipinski definition) is 4. The predicted octanol–water partition coefficient (Wildman–Crippen LogP) is 6.90. The molecule has 5 nitrogen and oxygen atoms in total. The fourth-order valence-corrected chi connectivity index (χ4v) is 4.56. The van der Waals surface area contributed by atoms with Gasteiger partial charge < -0.3 is 9.15 Å². The quantitative estimate of drug-likeness (QED) is 0.306. The maximum atomic E-state index is 13.6. The molecule has 0 spiro atoms. The molecule has 2 heterocycles. The minimum absolute atomic E-state index is 0.0141. The van der Waals surface area contributed by atoms with Gasteiger partial charge in [0.15, 0.2) is 5.43 Å². The summed E-state index contributed by atoms with van der Waals surface area (Å²) in [6.45, 7) is 2.41. The van der Waals surface area contributed by atoms with Crippen molar-refractivity contribution in [2.24, 2.45) is 0 Å². The summed E-state index contributed by atoms with van der Waals surface area (Å²) in [5.41, 5.74) is 1.39. The molecule has 1 unspecified atom stereocenters. The number of amides is 1. The molecule has 3 aromatic carbocycles. The van der Waals surface area contributed by atoms with E-state index in [9.17, 15) is 9.59 Å². The van der Waals surface area contributed by atoms with Gasteiger partial charge in [-0.2, -0.15) is 0 Å². The van der Waals surface area contributed by atoms with Crippen LogP contribution in [0.2, 0.25) is 15.1 Å². The summed E-state index contributed by atoms with van der Waals surface area (Å²) in [6, 6.07) is 16.1. The Kier molecular flexibility index (Phi) is 5.57. The highest BCUT2D eigenvalue weighted by molar-refractivity contribution is 6.42. The molecule has 1 aliphatic heterocycles. The Balaban J connectivity index is 1.76. The summed E-state index contributed by atoms with van der Waals surface area (Å²) in [6.07, 6.45) is 0. The third-order valence-corrected chi connectivity index (χ3v) is 6.49. The van der Waals surface area contributed by atoms with Crippen LogP contribution in [0.3, 0.4) is 0 Å². The highest BCUT2D eigenvalue weighted by atomic mass is 35.5. The van der Waals surface area contributed by atoms with E-state index in [1.807, 2.05) is 6.92 Å². The van der Waals surface area contributed by atoms with Crippen LogP contribution in [0.4, 0.5) is 5.69 Å². The number of anilines is 1. The van der Waals surface area contributed by atoms with Crippen LogP contribution in [0.25, 0.3) is 11.0 Å². The molecule has 1 aromatic heterocycles. The molecule has 33 heavy (non-hydrogen) atoms. The Labute approximate surface area is 204 Å². The summed E-state index contributed by atoms with van der Waals surface area (Å²) in [5.74, 6) is 0.227. The summed E-state index contributed by atoms with van der Waals surface area (Å²) in [7, 11) is 0. The van der Waals surface area contributed by atoms with Gasteiger partial charge in [-0.25, -0.2) is 0 Å². The van der Waals surface area contributed by atoms with Gasteiger partial charge in [0, 0.05) is 10.7 Å². The molecule has 0 aliphatic carbocycles. The average molecular weight is 501 g/mol. The standard InChI is InChI=1S/C25H16Cl3NO4/c1-2-32-16-7-5-15(6-8-16)29-22(13-3-9-18(27)19(28)11-13)21-23(30)17-12-14(26)4-10-20(17)33-24(21)25(29)31/h3-12,22H,2H2,1H3. The van der Waals surface area contributed by atoms with Crippen molar-refractivity contribution in [3.8, 4) is 5.75 Å². The number of hydrogen-bond donors (Lipinski definition) is 0. The molecule has 0 radical (unpaired) electrons. The number of ether oxygens (including phenoxy) is 1. The van der Waals surface area contributed by atoms with Crippen molar-refractivity contribution in [3.63, 3.8) is 0 Å². The van der Waals surface area contributed by atoms with Gasteiger partial charge in [-0.1, -0.05) is 40.9 Å². The fraction of sp³-hybridized carbons (Fsp3) is 0.120. The molecule has 1 aliphatic rings. The molecule has 0 saturated heterocycles. The molecule has 1 amide bonds. The van der Waals surface area contributed by atoms with E-state index in [1.54, 1.807) is 60.7 Å². The Hall–Kier alpha value is -2.99. The lowest BCUT2D eigenvalue weighted by Crippen LogP contribution is -2.29. The fourth-order valence-electron chi connectivity index (χ4n) is 4.08. The SMILES string of the molecule is CCOc1ccc(N2C(=O)c3oc4ccc(Cl)cc4c(=O)c3C2c2ccc(Cl)c(Cl)c2)cc1. The minimum atomic E-state index is -0.764. The Morgan fingerprint density at radius 1 is 0.939 bits per heavy atom. The average Bonchev–Trinajstić information content (AvgIpc) is 3.09. The van der Waals surface area contributed by atoms with Crippen molar-refractivity contribution >= 4 is 57.4 Å². The molecule has 0 N–H and O–H groups in total. The third kappa shape index (κ3) is 3.66. The van der Waals surface area contributed by atoms with Crippen molar-refractivity contribution < 1.29 is 13.9 Å². The maximum absolute atomic E-state index is 13.6. The van der Waals surface area contributed by atoms with Gasteiger partial charge in [0.2, 0.25) is 5.76 Å². The van der Waals surface area contributed by atoms with Crippen molar-refractivity contribution in [3.05, 3.63) is 103 Å². The second-order valence-electron chi connectivity index (χ2n) is 7.49. The van der Waals surface area contributed by atoms with Crippen LogP contribution in [-0.4, -0.2) is 12.5 Å². The largest absolute Gasteiger partial charge is 0.494 e. The molecule has 4 aromatic rings. The monoisotopic (exact) mass is 499 g/mol. The molecule has 1 atom stereocenters. The van der Waals surface area contributed by atoms with E-state index in [1.165, 1.54) is 4.90 Å². The van der Waals surface area contributed by atoms with Crippen molar-refractivity contribution in [1.82, 2.24) is 0 Å². The normalized spacial score (nSPS) is 15.2. The Bertz CT molecular complexity index is 1460. The van der Waals surface area contributed by atoms with Gasteiger partial charge in [-0.05, 0) is 67.1 Å². The highest BCUT2D eigenvalue weighted by Crippen LogP contribution is 2.42. The van der Waals surface area contributed by atoms with Gasteiger partial charge >= 0.3 is 0 Å². The zero-order valence-electron chi connectivity index (χ0n) is 17.3. The Morgan fingerprint density at radius 3 is 2.39 bits per heavy atom. The predicted molar refractivity (Wildman–Crippen MR) is 130 cm³/mol. The number of halogens is 3. The zero-order chi connectivity index (χ0) is 23.3. The first kappa shape index (κ1) is 21.8. The lowest BCUT2D eigenvalue weighted by molar-refractivity contribution is 0.0971. The lowest BCUT2D eigenvalue weighted by atomic mass is 9.98. The van der Waals surface area contributed by atoms with Crippen molar-refractivity contribution in [2.45, 2.75) is 13.0 Å². The van der Waals surface area contributed by atoms with Gasteiger partial charge in [0.05, 0.1) is 33.6 Å². The van der Waals surface area contributed by atoms with E-state index < -0.39 is 11.9 Å². The molecule has 0 bridgehead atoms. The van der Waals surface area contributed by atoms with Crippen LogP contribution in [0.1, 0.15) is 34.6 Å². The summed E-state index contributed by atoms with van der Waals surface area (Å²) in [5, 5.41) is 1.38. The van der Waals surface area contributed by atoms with Crippen LogP contribution in [-0.2, 0) is 0 Å². The van der Waals surface area contributed by atoms with E-state index in [0.717, 1.165) is 0 Å². The number of benzene rings is 3. The van der Waals surface area contributed by atoms with Crippen LogP contribution in [0.5, 0.6) is 5.75 Å². The number of rotatable bonds is 4. The van der Waals surface area contributed by atoms with E-state index in [4.69, 9.17) is 44.0 Å². The highest BCUT2D eigenvalue weighted by Gasteiger charge is 2.43. The van der Waals surface area contributed by atoms with Gasteiger partial charge in [0.25, 0.3) is 5.91 Å². The second-order valence-corrected chi connectivity index (χ2v) is 8.74. The molecule has 0 fully saturated rings. The molecule has 8 heteroatoms. The zero-order valence-corrected chi connectivity index (χ0v) is 19.5. The first-order valence-electron chi connectivity index (χ1n) is 10.2. The second kappa shape index (κ2) is 8.41. The lowest BCUT2D eigenvalue weighted by Gasteiger charge is -2.25. The van der Waals surface area contributed by atoms with Crippen molar-refractivity contribution in [2.75, 3.05) is 11.5 Å². The summed E-state index contributed by atoms with van der Waals surface area (Å²) >= 11 is 18.5. The molecular weight excluding hydrogens is 485 g/mol. The number of carbonyl (C=O) groups is 1. The third-order valence-electron chi connectivity index (χ3n) is 5.52. The van der Waals surface area contributed by atoms with Crippen LogP contribution >= 0.6 is 34.8 Å². The molecular formula is C25H16Cl3NO4. The first-order valence-corrected chi connectivity index (χ1v) is 11.3. The van der Waals surface area contributed by atoms with Gasteiger partial charge in [-0.3, -0.25) is 14.5 Å². The van der Waals surface area contributed by atoms with Crippen LogP contribution < -0.4 is 15.1 Å². The van der Waals surface area contributed by atoms with E-state index in [0.29, 0.717) is 44.1 Å². The van der Waals surface area contributed by atoms with Crippen LogP contribution in [0.15, 0.2) is 69.9 Å². The topological polar surface area (TPSA) is 59.8 Å². The number of carbonyl (C=O) groups excluding carboxylic acids is 1. The minimum Gasteiger partial charge on any atom is -0.494 e. The molecule has 166 valence electrons. The summed E-state index contributed by atoms with van der Waals surface area (Å²) in [4.78, 5) is 28.7. The van der Waals surface area contributed by atoms with E-state index >= 15 is 0 Å². The first-order chi connectivity index (χ1) is 15.9. The van der Waals surface area contributed by atoms with E-state index in [2.05, 4.69) is 0 Å². The summed E-state index contributed by atoms with van der Waals surface area (Å²) < 4.78 is 11.5. The Morgan fingerprint density at radius 2 is 1.70 bits per heavy atom. The van der Waals surface area contributed by atoms with Gasteiger partial charge in [-0.15, -0.1) is 0 Å². The van der Waals surface area contributed by atoms with Gasteiger partial charge in [0.1, 0.15) is 11.3 Å². The maximum Gasteiger partial charge on any atom is 0.295 e. The number of nitrogens with zero attached hydrogens (tertiary/aromatic N) is 1. The smallest absolute Gasteiger partial charge is 0.295 e.